The summed E-state index contributed by atoms with van der Waals surface area (Å²) in [6.45, 7) is 8.18. The number of amides is 2. The lowest BCUT2D eigenvalue weighted by atomic mass is 10.0. The Hall–Kier alpha value is -4.02. The molecule has 0 saturated carbocycles. The number of carbonyl (C=O) groups is 2. The third-order valence-electron chi connectivity index (χ3n) is 6.22. The van der Waals surface area contributed by atoms with Crippen LogP contribution in [0.3, 0.4) is 0 Å². The molecule has 1 fully saturated rings. The molecule has 4 aromatic rings. The maximum atomic E-state index is 13.7. The Labute approximate surface area is 206 Å². The van der Waals surface area contributed by atoms with E-state index in [0.717, 1.165) is 5.39 Å². The van der Waals surface area contributed by atoms with Gasteiger partial charge < -0.3 is 19.9 Å². The Bertz CT molecular complexity index is 1500. The van der Waals surface area contributed by atoms with Gasteiger partial charge in [-0.25, -0.2) is 19.2 Å². The molecule has 1 aliphatic rings. The first-order chi connectivity index (χ1) is 16.9. The molecule has 1 aliphatic heterocycles. The van der Waals surface area contributed by atoms with E-state index in [9.17, 15) is 14.0 Å². The number of likely N-dealkylation sites (tertiary alicyclic amines) is 1. The molecular formula is C25H28FN7O3. The zero-order chi connectivity index (χ0) is 25.8. The number of hydrogen-bond acceptors (Lipinski definition) is 6. The summed E-state index contributed by atoms with van der Waals surface area (Å²) >= 11 is 0. The molecule has 0 aliphatic carbocycles. The molecule has 11 heteroatoms. The number of carbonyl (C=O) groups excluding carboxylic acids is 2. The van der Waals surface area contributed by atoms with E-state index in [-0.39, 0.29) is 11.7 Å². The number of nitrogens with zero attached hydrogens (tertiary/aromatic N) is 5. The van der Waals surface area contributed by atoms with E-state index in [1.54, 1.807) is 35.1 Å². The van der Waals surface area contributed by atoms with Crippen LogP contribution in [0.1, 0.15) is 44.5 Å². The van der Waals surface area contributed by atoms with Gasteiger partial charge in [-0.3, -0.25) is 9.48 Å². The van der Waals surface area contributed by atoms with Crippen molar-refractivity contribution in [3.8, 4) is 11.4 Å². The normalized spacial score (nSPS) is 18.2. The molecule has 1 atom stereocenters. The molecule has 1 unspecified atom stereocenters. The Kier molecular flexibility index (Phi) is 5.46. The molecule has 3 aromatic heterocycles. The van der Waals surface area contributed by atoms with Gasteiger partial charge in [0.05, 0.1) is 22.8 Å². The fourth-order valence-corrected chi connectivity index (χ4v) is 4.49. The smallest absolute Gasteiger partial charge is 0.410 e. The highest BCUT2D eigenvalue weighted by Gasteiger charge is 2.39. The SMILES string of the molecule is Cn1nc(-c2cnc3[nH]cc(C(=O)NC4(C)CCN(C(=O)OC(C)(C)C)C4)c3n2)c2ccc(F)cc21. The lowest BCUT2D eigenvalue weighted by Crippen LogP contribution is -2.49. The first-order valence-electron chi connectivity index (χ1n) is 11.7. The topological polar surface area (TPSA) is 118 Å². The number of H-pyrrole nitrogens is 1. The summed E-state index contributed by atoms with van der Waals surface area (Å²) in [5, 5.41) is 8.29. The molecular weight excluding hydrogens is 465 g/mol. The predicted octanol–water partition coefficient (Wildman–Crippen LogP) is 3.78. The highest BCUT2D eigenvalue weighted by Crippen LogP contribution is 2.29. The van der Waals surface area contributed by atoms with Crippen LogP contribution in [0.5, 0.6) is 0 Å². The quantitative estimate of drug-likeness (QED) is 0.449. The van der Waals surface area contributed by atoms with Crippen LogP contribution < -0.4 is 5.32 Å². The summed E-state index contributed by atoms with van der Waals surface area (Å²) in [7, 11) is 1.73. The van der Waals surface area contributed by atoms with E-state index in [1.807, 2.05) is 27.7 Å². The standard InChI is InChI=1S/C25H28FN7O3/c1-24(2,3)36-23(35)33-9-8-25(4,13-33)30-22(34)16-11-27-21-20(16)29-17(12-28-21)19-15-7-6-14(26)10-18(15)32(5)31-19/h6-7,10-12H,8-9,13H2,1-5H3,(H,27,28)(H,30,34). The van der Waals surface area contributed by atoms with E-state index < -0.39 is 17.2 Å². The fourth-order valence-electron chi connectivity index (χ4n) is 4.49. The molecule has 5 rings (SSSR count). The fraction of sp³-hybridized carbons (Fsp3) is 0.400. The molecule has 188 valence electrons. The van der Waals surface area contributed by atoms with Crippen molar-refractivity contribution in [2.75, 3.05) is 13.1 Å². The lowest BCUT2D eigenvalue weighted by molar-refractivity contribution is 0.0280. The average Bonchev–Trinajstić information content (AvgIpc) is 3.48. The first kappa shape index (κ1) is 23.7. The molecule has 36 heavy (non-hydrogen) atoms. The number of nitrogens with one attached hydrogen (secondary N) is 2. The van der Waals surface area contributed by atoms with Gasteiger partial charge in [-0.15, -0.1) is 0 Å². The summed E-state index contributed by atoms with van der Waals surface area (Å²) in [5.74, 6) is -0.678. The van der Waals surface area contributed by atoms with Crippen LogP contribution in [-0.4, -0.2) is 65.9 Å². The Morgan fingerprint density at radius 2 is 2.06 bits per heavy atom. The summed E-state index contributed by atoms with van der Waals surface area (Å²) in [5.41, 5.74) is 1.63. The third kappa shape index (κ3) is 4.36. The van der Waals surface area contributed by atoms with Gasteiger partial charge in [0.2, 0.25) is 0 Å². The molecule has 2 N–H and O–H groups in total. The lowest BCUT2D eigenvalue weighted by Gasteiger charge is -2.27. The number of aromatic nitrogens is 5. The van der Waals surface area contributed by atoms with Crippen molar-refractivity contribution in [2.45, 2.75) is 45.3 Å². The minimum absolute atomic E-state index is 0.325. The van der Waals surface area contributed by atoms with E-state index in [4.69, 9.17) is 4.74 Å². The molecule has 1 aromatic carbocycles. The second-order valence-electron chi connectivity index (χ2n) is 10.5. The Morgan fingerprint density at radius 3 is 2.81 bits per heavy atom. The van der Waals surface area contributed by atoms with Crippen LogP contribution >= 0.6 is 0 Å². The van der Waals surface area contributed by atoms with Gasteiger partial charge in [-0.1, -0.05) is 0 Å². The van der Waals surface area contributed by atoms with Gasteiger partial charge in [0, 0.05) is 31.7 Å². The Morgan fingerprint density at radius 1 is 1.28 bits per heavy atom. The van der Waals surface area contributed by atoms with Crippen molar-refractivity contribution in [1.82, 2.24) is 34.9 Å². The number of aryl methyl sites for hydroxylation is 1. The molecule has 0 radical (unpaired) electrons. The minimum Gasteiger partial charge on any atom is -0.444 e. The molecule has 1 saturated heterocycles. The van der Waals surface area contributed by atoms with Gasteiger partial charge in [0.15, 0.2) is 5.65 Å². The van der Waals surface area contributed by atoms with E-state index in [1.165, 1.54) is 12.1 Å². The van der Waals surface area contributed by atoms with Gasteiger partial charge in [0.25, 0.3) is 5.91 Å². The van der Waals surface area contributed by atoms with Crippen LogP contribution in [0.4, 0.5) is 9.18 Å². The zero-order valence-corrected chi connectivity index (χ0v) is 20.8. The zero-order valence-electron chi connectivity index (χ0n) is 20.8. The van der Waals surface area contributed by atoms with Gasteiger partial charge >= 0.3 is 6.09 Å². The maximum Gasteiger partial charge on any atom is 0.410 e. The first-order valence-corrected chi connectivity index (χ1v) is 11.7. The molecule has 4 heterocycles. The number of hydrogen-bond donors (Lipinski definition) is 2. The summed E-state index contributed by atoms with van der Waals surface area (Å²) in [4.78, 5) is 39.5. The Balaban J connectivity index is 1.40. The van der Waals surface area contributed by atoms with E-state index in [2.05, 4.69) is 25.4 Å². The predicted molar refractivity (Wildman–Crippen MR) is 132 cm³/mol. The van der Waals surface area contributed by atoms with Crippen molar-refractivity contribution >= 4 is 34.1 Å². The molecule has 0 bridgehead atoms. The van der Waals surface area contributed by atoms with Gasteiger partial charge in [-0.2, -0.15) is 5.10 Å². The largest absolute Gasteiger partial charge is 0.444 e. The molecule has 10 nitrogen and oxygen atoms in total. The highest BCUT2D eigenvalue weighted by atomic mass is 19.1. The van der Waals surface area contributed by atoms with E-state index in [0.29, 0.717) is 53.1 Å². The van der Waals surface area contributed by atoms with Crippen LogP contribution in [-0.2, 0) is 11.8 Å². The summed E-state index contributed by atoms with van der Waals surface area (Å²) in [6, 6.07) is 4.44. The second-order valence-corrected chi connectivity index (χ2v) is 10.5. The van der Waals surface area contributed by atoms with Crippen LogP contribution in [0.2, 0.25) is 0 Å². The maximum absolute atomic E-state index is 13.7. The third-order valence-corrected chi connectivity index (χ3v) is 6.22. The molecule has 0 spiro atoms. The second kappa shape index (κ2) is 8.28. The van der Waals surface area contributed by atoms with Crippen molar-refractivity contribution < 1.29 is 18.7 Å². The number of fused-ring (bicyclic) bond motifs is 2. The monoisotopic (exact) mass is 493 g/mol. The molecule has 2 amide bonds. The van der Waals surface area contributed by atoms with Crippen LogP contribution in [0, 0.1) is 5.82 Å². The number of ether oxygens (including phenoxy) is 1. The summed E-state index contributed by atoms with van der Waals surface area (Å²) in [6.07, 6.45) is 3.33. The van der Waals surface area contributed by atoms with Crippen molar-refractivity contribution in [2.24, 2.45) is 7.05 Å². The average molecular weight is 494 g/mol. The number of rotatable bonds is 3. The van der Waals surface area contributed by atoms with Crippen LogP contribution in [0.15, 0.2) is 30.6 Å². The summed E-state index contributed by atoms with van der Waals surface area (Å²) < 4.78 is 20.8. The van der Waals surface area contributed by atoms with Crippen molar-refractivity contribution in [3.63, 3.8) is 0 Å². The van der Waals surface area contributed by atoms with Crippen molar-refractivity contribution in [3.05, 3.63) is 42.0 Å². The number of aromatic amines is 1. The van der Waals surface area contributed by atoms with Crippen molar-refractivity contribution in [1.29, 1.82) is 0 Å². The highest BCUT2D eigenvalue weighted by molar-refractivity contribution is 6.05. The number of benzene rings is 1. The number of halogens is 1. The minimum atomic E-state index is -0.621. The van der Waals surface area contributed by atoms with Gasteiger partial charge in [0.1, 0.15) is 28.3 Å². The van der Waals surface area contributed by atoms with Crippen LogP contribution in [0.25, 0.3) is 33.5 Å². The van der Waals surface area contributed by atoms with E-state index >= 15 is 0 Å². The van der Waals surface area contributed by atoms with Gasteiger partial charge in [-0.05, 0) is 52.3 Å².